The van der Waals surface area contributed by atoms with Crippen LogP contribution in [0.4, 0.5) is 10.6 Å². The first-order valence-electron chi connectivity index (χ1n) is 11.6. The molecule has 0 saturated heterocycles. The second kappa shape index (κ2) is 8.90. The average Bonchev–Trinajstić information content (AvgIpc) is 3.16. The molecule has 5 rings (SSSR count). The standard InChI is InChI=1S/C26H28N6O3/c1-26(2,3)35-25(33)30-17-13-18(14-17)32-24-21(23(27)28-15-29-24)22(31-32)16-9-11-20(12-10-16)34-19-7-5-4-6-8-19/h4-12,15,17-18H,13-14H2,1-3H3,(H,30,33)(H2,27,28,29). The van der Waals surface area contributed by atoms with Crippen LogP contribution in [-0.4, -0.2) is 37.5 Å². The highest BCUT2D eigenvalue weighted by Gasteiger charge is 2.35. The summed E-state index contributed by atoms with van der Waals surface area (Å²) < 4.78 is 13.2. The van der Waals surface area contributed by atoms with Crippen molar-refractivity contribution in [2.75, 3.05) is 5.73 Å². The molecule has 4 aromatic rings. The van der Waals surface area contributed by atoms with Crippen LogP contribution < -0.4 is 15.8 Å². The number of nitrogens with zero attached hydrogens (tertiary/aromatic N) is 4. The van der Waals surface area contributed by atoms with Crippen molar-refractivity contribution >= 4 is 22.9 Å². The van der Waals surface area contributed by atoms with Gasteiger partial charge in [0.25, 0.3) is 0 Å². The molecular weight excluding hydrogens is 444 g/mol. The van der Waals surface area contributed by atoms with Gasteiger partial charge < -0.3 is 20.5 Å². The number of nitrogen functional groups attached to an aromatic ring is 1. The molecule has 3 N–H and O–H groups in total. The summed E-state index contributed by atoms with van der Waals surface area (Å²) in [5, 5.41) is 8.52. The van der Waals surface area contributed by atoms with E-state index in [1.54, 1.807) is 0 Å². The zero-order chi connectivity index (χ0) is 24.6. The number of hydrogen-bond donors (Lipinski definition) is 2. The van der Waals surface area contributed by atoms with E-state index in [1.807, 2.05) is 80.1 Å². The van der Waals surface area contributed by atoms with Crippen LogP contribution in [0.5, 0.6) is 11.5 Å². The minimum atomic E-state index is -0.531. The van der Waals surface area contributed by atoms with Crippen LogP contribution in [0.25, 0.3) is 22.3 Å². The first-order valence-corrected chi connectivity index (χ1v) is 11.6. The number of nitrogens with one attached hydrogen (secondary N) is 1. The van der Waals surface area contributed by atoms with Crippen molar-refractivity contribution in [2.24, 2.45) is 0 Å². The molecule has 2 aromatic carbocycles. The Morgan fingerprint density at radius 1 is 1.03 bits per heavy atom. The van der Waals surface area contributed by atoms with Crippen molar-refractivity contribution in [1.82, 2.24) is 25.1 Å². The predicted molar refractivity (Wildman–Crippen MR) is 133 cm³/mol. The van der Waals surface area contributed by atoms with Crippen molar-refractivity contribution in [1.29, 1.82) is 0 Å². The van der Waals surface area contributed by atoms with Crippen LogP contribution in [-0.2, 0) is 4.74 Å². The van der Waals surface area contributed by atoms with Crippen molar-refractivity contribution < 1.29 is 14.3 Å². The van der Waals surface area contributed by atoms with E-state index in [-0.39, 0.29) is 12.1 Å². The molecular formula is C26H28N6O3. The molecule has 2 aromatic heterocycles. The lowest BCUT2D eigenvalue weighted by atomic mass is 9.87. The zero-order valence-electron chi connectivity index (χ0n) is 19.9. The van der Waals surface area contributed by atoms with Gasteiger partial charge in [-0.3, -0.25) is 0 Å². The number of fused-ring (bicyclic) bond motifs is 1. The molecule has 0 spiro atoms. The minimum absolute atomic E-state index is 0.0196. The molecule has 1 fully saturated rings. The van der Waals surface area contributed by atoms with E-state index >= 15 is 0 Å². The van der Waals surface area contributed by atoms with E-state index in [1.165, 1.54) is 6.33 Å². The first-order chi connectivity index (χ1) is 16.8. The van der Waals surface area contributed by atoms with Crippen LogP contribution in [0.2, 0.25) is 0 Å². The highest BCUT2D eigenvalue weighted by Crippen LogP contribution is 2.38. The van der Waals surface area contributed by atoms with Gasteiger partial charge in [-0.2, -0.15) is 5.10 Å². The molecule has 0 bridgehead atoms. The molecule has 0 atom stereocenters. The predicted octanol–water partition coefficient (Wildman–Crippen LogP) is 5.10. The van der Waals surface area contributed by atoms with Gasteiger partial charge in [-0.1, -0.05) is 18.2 Å². The third kappa shape index (κ3) is 4.89. The summed E-state index contributed by atoms with van der Waals surface area (Å²) in [5.74, 6) is 1.87. The second-order valence-corrected chi connectivity index (χ2v) is 9.66. The fourth-order valence-corrected chi connectivity index (χ4v) is 4.14. The Labute approximate surface area is 203 Å². The normalized spacial score (nSPS) is 17.6. The van der Waals surface area contributed by atoms with Gasteiger partial charge in [0, 0.05) is 11.6 Å². The van der Waals surface area contributed by atoms with E-state index in [2.05, 4.69) is 15.3 Å². The van der Waals surface area contributed by atoms with Crippen LogP contribution in [0.3, 0.4) is 0 Å². The molecule has 0 aliphatic heterocycles. The van der Waals surface area contributed by atoms with Crippen molar-refractivity contribution in [3.63, 3.8) is 0 Å². The summed E-state index contributed by atoms with van der Waals surface area (Å²) in [6.45, 7) is 5.54. The average molecular weight is 473 g/mol. The topological polar surface area (TPSA) is 117 Å². The second-order valence-electron chi connectivity index (χ2n) is 9.66. The zero-order valence-corrected chi connectivity index (χ0v) is 19.9. The van der Waals surface area contributed by atoms with Gasteiger partial charge in [-0.05, 0) is 70.0 Å². The molecule has 1 aliphatic carbocycles. The number of carbonyl (C=O) groups excluding carboxylic acids is 1. The summed E-state index contributed by atoms with van der Waals surface area (Å²) in [4.78, 5) is 20.7. The van der Waals surface area contributed by atoms with Gasteiger partial charge in [0.15, 0.2) is 5.65 Å². The monoisotopic (exact) mass is 472 g/mol. The van der Waals surface area contributed by atoms with Gasteiger partial charge in [0.2, 0.25) is 0 Å². The molecule has 0 radical (unpaired) electrons. The molecule has 180 valence electrons. The molecule has 1 aliphatic rings. The number of anilines is 1. The number of ether oxygens (including phenoxy) is 2. The Morgan fingerprint density at radius 2 is 1.71 bits per heavy atom. The maximum absolute atomic E-state index is 12.1. The lowest BCUT2D eigenvalue weighted by Crippen LogP contribution is -2.46. The van der Waals surface area contributed by atoms with Crippen LogP contribution in [0, 0.1) is 0 Å². The summed E-state index contributed by atoms with van der Waals surface area (Å²) in [6.07, 6.45) is 2.49. The van der Waals surface area contributed by atoms with Gasteiger partial charge in [0.1, 0.15) is 34.9 Å². The number of amides is 1. The molecule has 9 nitrogen and oxygen atoms in total. The summed E-state index contributed by atoms with van der Waals surface area (Å²) >= 11 is 0. The number of benzene rings is 2. The number of alkyl carbamates (subject to hydrolysis) is 1. The molecule has 1 saturated carbocycles. The Hall–Kier alpha value is -4.14. The highest BCUT2D eigenvalue weighted by atomic mass is 16.6. The fraction of sp³-hybridized carbons (Fsp3) is 0.308. The van der Waals surface area contributed by atoms with Gasteiger partial charge in [-0.15, -0.1) is 0 Å². The van der Waals surface area contributed by atoms with Gasteiger partial charge in [0.05, 0.1) is 11.4 Å². The Bertz CT molecular complexity index is 1340. The van der Waals surface area contributed by atoms with Crippen molar-refractivity contribution in [3.8, 4) is 22.8 Å². The molecule has 35 heavy (non-hydrogen) atoms. The number of hydrogen-bond acceptors (Lipinski definition) is 7. The van der Waals surface area contributed by atoms with Crippen molar-refractivity contribution in [2.45, 2.75) is 51.3 Å². The SMILES string of the molecule is CC(C)(C)OC(=O)NC1CC(n2nc(-c3ccc(Oc4ccccc4)cc3)c3c(N)ncnc32)C1. The Kier molecular flexibility index (Phi) is 5.76. The van der Waals surface area contributed by atoms with E-state index in [0.717, 1.165) is 29.9 Å². The Morgan fingerprint density at radius 3 is 2.40 bits per heavy atom. The summed E-state index contributed by atoms with van der Waals surface area (Å²) in [7, 11) is 0. The quantitative estimate of drug-likeness (QED) is 0.415. The molecule has 1 amide bonds. The van der Waals surface area contributed by atoms with E-state index in [0.29, 0.717) is 22.5 Å². The first kappa shape index (κ1) is 22.6. The highest BCUT2D eigenvalue weighted by molar-refractivity contribution is 5.98. The smallest absolute Gasteiger partial charge is 0.407 e. The van der Waals surface area contributed by atoms with Gasteiger partial charge >= 0.3 is 6.09 Å². The van der Waals surface area contributed by atoms with Crippen molar-refractivity contribution in [3.05, 3.63) is 60.9 Å². The minimum Gasteiger partial charge on any atom is -0.457 e. The lowest BCUT2D eigenvalue weighted by molar-refractivity contribution is 0.0454. The third-order valence-corrected chi connectivity index (χ3v) is 5.80. The maximum atomic E-state index is 12.1. The third-order valence-electron chi connectivity index (χ3n) is 5.80. The number of carbonyl (C=O) groups is 1. The van der Waals surface area contributed by atoms with Crippen LogP contribution in [0.1, 0.15) is 39.7 Å². The number of nitrogens with two attached hydrogens (primary N) is 1. The lowest BCUT2D eigenvalue weighted by Gasteiger charge is -2.36. The van der Waals surface area contributed by atoms with E-state index in [4.69, 9.17) is 20.3 Å². The van der Waals surface area contributed by atoms with Gasteiger partial charge in [-0.25, -0.2) is 19.4 Å². The largest absolute Gasteiger partial charge is 0.457 e. The fourth-order valence-electron chi connectivity index (χ4n) is 4.14. The molecule has 0 unspecified atom stereocenters. The van der Waals surface area contributed by atoms with E-state index < -0.39 is 11.7 Å². The molecule has 2 heterocycles. The number of para-hydroxylation sites is 1. The number of aromatic nitrogens is 4. The summed E-state index contributed by atoms with van der Waals surface area (Å²) in [5.41, 5.74) is 8.00. The molecule has 9 heteroatoms. The Balaban J connectivity index is 1.36. The van der Waals surface area contributed by atoms with Crippen LogP contribution >= 0.6 is 0 Å². The number of rotatable bonds is 5. The van der Waals surface area contributed by atoms with Crippen LogP contribution in [0.15, 0.2) is 60.9 Å². The maximum Gasteiger partial charge on any atom is 0.407 e. The summed E-state index contributed by atoms with van der Waals surface area (Å²) in [6, 6.07) is 17.4. The van der Waals surface area contributed by atoms with E-state index in [9.17, 15) is 4.79 Å².